The molecule has 188 valence electrons. The first kappa shape index (κ1) is 32.3. The van der Waals surface area contributed by atoms with Crippen molar-refractivity contribution in [3.63, 3.8) is 0 Å². The maximum atomic E-state index is 6.11. The molecular formula is C39H16P2S. The average molecular weight is 579 g/mol. The Labute approximate surface area is 258 Å². The first-order valence-electron chi connectivity index (χ1n) is 11.7. The molecule has 0 bridgehead atoms. The summed E-state index contributed by atoms with van der Waals surface area (Å²) in [5.74, 6) is 40.8. The zero-order valence-electron chi connectivity index (χ0n) is 22.6. The third kappa shape index (κ3) is 10.3. The van der Waals surface area contributed by atoms with Crippen LogP contribution in [-0.4, -0.2) is 4.86 Å². The number of hydrogen-bond acceptors (Lipinski definition) is 1. The summed E-state index contributed by atoms with van der Waals surface area (Å²) in [5.41, 5.74) is 16.2. The van der Waals surface area contributed by atoms with Crippen LogP contribution in [0.2, 0.25) is 0 Å². The number of benzene rings is 2. The molecule has 0 unspecified atom stereocenters. The quantitative estimate of drug-likeness (QED) is 0.220. The molecule has 0 aliphatic rings. The SMILES string of the molecule is C#CC#CC#CP(C#CC#CC#C)c1cc(C)ccc1C(=S)c1ccc(C)cc1P(C#CC#CC#C)C#CC#CC#C. The van der Waals surface area contributed by atoms with Crippen LogP contribution in [0.4, 0.5) is 0 Å². The van der Waals surface area contributed by atoms with Crippen LogP contribution < -0.4 is 10.6 Å². The number of hydrogen-bond donors (Lipinski definition) is 0. The van der Waals surface area contributed by atoms with Gasteiger partial charge in [-0.05, 0) is 143 Å². The van der Waals surface area contributed by atoms with E-state index in [1.54, 1.807) is 0 Å². The maximum Gasteiger partial charge on any atom is 0.0839 e. The lowest BCUT2D eigenvalue weighted by atomic mass is 10.0. The molecule has 2 rings (SSSR count). The topological polar surface area (TPSA) is 0 Å². The molecule has 0 radical (unpaired) electrons. The van der Waals surface area contributed by atoms with Crippen LogP contribution in [-0.2, 0) is 0 Å². The molecular weight excluding hydrogens is 562 g/mol. The van der Waals surface area contributed by atoms with Crippen LogP contribution in [0.1, 0.15) is 22.3 Å². The lowest BCUT2D eigenvalue weighted by molar-refractivity contribution is 1.48. The van der Waals surface area contributed by atoms with Crippen molar-refractivity contribution in [1.29, 1.82) is 0 Å². The van der Waals surface area contributed by atoms with E-state index >= 15 is 0 Å². The lowest BCUT2D eigenvalue weighted by Gasteiger charge is -2.17. The molecule has 2 aromatic carbocycles. The second-order valence-electron chi connectivity index (χ2n) is 7.57. The highest BCUT2D eigenvalue weighted by Gasteiger charge is 2.21. The Morgan fingerprint density at radius 1 is 0.500 bits per heavy atom. The molecule has 0 aliphatic carbocycles. The van der Waals surface area contributed by atoms with E-state index in [9.17, 15) is 0 Å². The monoisotopic (exact) mass is 578 g/mol. The normalized spacial score (nSPS) is 7.62. The molecule has 0 N–H and O–H groups in total. The van der Waals surface area contributed by atoms with Gasteiger partial charge in [0.25, 0.3) is 0 Å². The van der Waals surface area contributed by atoms with E-state index in [2.05, 4.69) is 117 Å². The Bertz CT molecular complexity index is 1870. The zero-order chi connectivity index (χ0) is 30.6. The van der Waals surface area contributed by atoms with Crippen LogP contribution >= 0.6 is 28.1 Å². The smallest absolute Gasteiger partial charge is 0.0839 e. The molecule has 42 heavy (non-hydrogen) atoms. The van der Waals surface area contributed by atoms with Crippen molar-refractivity contribution in [3.8, 4) is 143 Å². The standard InChI is InChI=1S/C39H16P2S/c1-7-11-15-19-27-40(28-20-16-12-8-2)37-31-33(5)23-25-35(37)39(42)36-26-24-34(6)32-38(36)41(29-21-17-13-9-3)30-22-18-14-10-4/h1-4,23-26,31-32H,5-6H3. The molecule has 0 aromatic heterocycles. The highest BCUT2D eigenvalue weighted by atomic mass is 32.1. The first-order chi connectivity index (χ1) is 20.5. The van der Waals surface area contributed by atoms with Crippen molar-refractivity contribution in [2.75, 3.05) is 0 Å². The van der Waals surface area contributed by atoms with Gasteiger partial charge in [-0.2, -0.15) is 0 Å². The predicted molar refractivity (Wildman–Crippen MR) is 184 cm³/mol. The zero-order valence-corrected chi connectivity index (χ0v) is 25.2. The number of terminal acetylenes is 4. The summed E-state index contributed by atoms with van der Waals surface area (Å²) in [7, 11) is -2.77. The first-order valence-corrected chi connectivity index (χ1v) is 14.8. The summed E-state index contributed by atoms with van der Waals surface area (Å²) in [6.07, 6.45) is 21.0. The molecule has 0 atom stereocenters. The van der Waals surface area contributed by atoms with Gasteiger partial charge in [0.15, 0.2) is 0 Å². The summed E-state index contributed by atoms with van der Waals surface area (Å²) in [6.45, 7) is 3.97. The van der Waals surface area contributed by atoms with E-state index in [0.29, 0.717) is 4.86 Å². The molecule has 0 saturated carbocycles. The van der Waals surface area contributed by atoms with Crippen molar-refractivity contribution < 1.29 is 0 Å². The highest BCUT2D eigenvalue weighted by molar-refractivity contribution is 7.82. The van der Waals surface area contributed by atoms with Crippen LogP contribution in [0.15, 0.2) is 36.4 Å². The third-order valence-corrected chi connectivity index (χ3v) is 8.22. The molecule has 0 nitrogen and oxygen atoms in total. The summed E-state index contributed by atoms with van der Waals surface area (Å²) in [6, 6.07) is 11.9. The third-order valence-electron chi connectivity index (χ3n) is 4.74. The van der Waals surface area contributed by atoms with Gasteiger partial charge in [-0.15, -0.1) is 25.7 Å². The Kier molecular flexibility index (Phi) is 14.2. The molecule has 0 aliphatic heterocycles. The van der Waals surface area contributed by atoms with E-state index in [4.69, 9.17) is 37.9 Å². The maximum absolute atomic E-state index is 6.11. The fourth-order valence-corrected chi connectivity index (χ4v) is 6.38. The summed E-state index contributed by atoms with van der Waals surface area (Å²) < 4.78 is 0. The van der Waals surface area contributed by atoms with E-state index < -0.39 is 15.8 Å². The van der Waals surface area contributed by atoms with E-state index in [1.165, 1.54) is 0 Å². The van der Waals surface area contributed by atoms with E-state index in [1.807, 2.05) is 50.2 Å². The van der Waals surface area contributed by atoms with Gasteiger partial charge in [-0.1, -0.05) is 47.6 Å². The summed E-state index contributed by atoms with van der Waals surface area (Å²) >= 11 is 6.11. The van der Waals surface area contributed by atoms with Crippen LogP contribution in [0, 0.1) is 157 Å². The second kappa shape index (κ2) is 18.4. The number of aryl methyl sites for hydroxylation is 2. The van der Waals surface area contributed by atoms with Crippen LogP contribution in [0.5, 0.6) is 0 Å². The predicted octanol–water partition coefficient (Wildman–Crippen LogP) is 4.67. The van der Waals surface area contributed by atoms with Gasteiger partial charge in [0.2, 0.25) is 0 Å². The van der Waals surface area contributed by atoms with Gasteiger partial charge < -0.3 is 0 Å². The molecule has 0 heterocycles. The molecule has 0 amide bonds. The van der Waals surface area contributed by atoms with Gasteiger partial charge in [0.1, 0.15) is 0 Å². The Morgan fingerprint density at radius 2 is 0.810 bits per heavy atom. The summed E-state index contributed by atoms with van der Waals surface area (Å²) in [4.78, 5) is 0.584. The van der Waals surface area contributed by atoms with E-state index in [0.717, 1.165) is 32.9 Å². The minimum atomic E-state index is -1.38. The Hall–Kier alpha value is -5.89. The van der Waals surface area contributed by atoms with Gasteiger partial charge in [0.05, 0.1) is 20.7 Å². The van der Waals surface area contributed by atoms with Crippen molar-refractivity contribution in [1.82, 2.24) is 0 Å². The largest absolute Gasteiger partial charge is 0.106 e. The minimum Gasteiger partial charge on any atom is -0.106 e. The molecule has 0 saturated heterocycles. The Morgan fingerprint density at radius 3 is 1.10 bits per heavy atom. The summed E-state index contributed by atoms with van der Waals surface area (Å²) in [5, 5.41) is 1.71. The highest BCUT2D eigenvalue weighted by Crippen LogP contribution is 2.36. The fourth-order valence-electron chi connectivity index (χ4n) is 3.08. The van der Waals surface area contributed by atoms with Crippen molar-refractivity contribution in [2.24, 2.45) is 0 Å². The minimum absolute atomic E-state index is 0.584. The molecule has 3 heteroatoms. The second-order valence-corrected chi connectivity index (χ2v) is 11.2. The lowest BCUT2D eigenvalue weighted by Crippen LogP contribution is -2.20. The molecule has 2 aromatic rings. The fraction of sp³-hybridized carbons (Fsp3) is 0.0513. The number of thiocarbonyl (C=S) groups is 1. The van der Waals surface area contributed by atoms with Gasteiger partial charge in [-0.25, -0.2) is 0 Å². The van der Waals surface area contributed by atoms with E-state index in [-0.39, 0.29) is 0 Å². The average Bonchev–Trinajstić information content (AvgIpc) is 2.99. The van der Waals surface area contributed by atoms with Gasteiger partial charge >= 0.3 is 0 Å². The Balaban J connectivity index is 2.84. The van der Waals surface area contributed by atoms with Crippen molar-refractivity contribution >= 4 is 43.5 Å². The molecule has 0 fully saturated rings. The number of rotatable bonds is 4. The van der Waals surface area contributed by atoms with Crippen molar-refractivity contribution in [2.45, 2.75) is 13.8 Å². The van der Waals surface area contributed by atoms with Gasteiger partial charge in [-0.3, -0.25) is 0 Å². The van der Waals surface area contributed by atoms with Crippen LogP contribution in [0.25, 0.3) is 0 Å². The van der Waals surface area contributed by atoms with Crippen molar-refractivity contribution in [3.05, 3.63) is 58.7 Å². The van der Waals surface area contributed by atoms with Gasteiger partial charge in [0, 0.05) is 21.7 Å². The van der Waals surface area contributed by atoms with Crippen LogP contribution in [0.3, 0.4) is 0 Å². The molecule has 0 spiro atoms.